The summed E-state index contributed by atoms with van der Waals surface area (Å²) >= 11 is 17.5. The number of likely N-dealkylation sites (N-methyl/N-ethyl adjacent to an activating group) is 1. The van der Waals surface area contributed by atoms with Crippen LogP contribution in [0.5, 0.6) is 0 Å². The molecule has 2 amide bonds. The van der Waals surface area contributed by atoms with Crippen molar-refractivity contribution in [1.82, 2.24) is 10.2 Å². The van der Waals surface area contributed by atoms with Crippen LogP contribution in [0.2, 0.25) is 10.0 Å². The van der Waals surface area contributed by atoms with Crippen LogP contribution in [-0.4, -0.2) is 35.1 Å². The quantitative estimate of drug-likeness (QED) is 0.267. The third kappa shape index (κ3) is 8.28. The smallest absolute Gasteiger partial charge is 0.243 e. The second-order valence-corrected chi connectivity index (χ2v) is 10.7. The van der Waals surface area contributed by atoms with Crippen LogP contribution in [0.25, 0.3) is 0 Å². The number of hydrogen-bond donors (Lipinski definition) is 1. The molecule has 184 valence electrons. The Morgan fingerprint density at radius 2 is 1.63 bits per heavy atom. The van der Waals surface area contributed by atoms with Crippen LogP contribution in [0.15, 0.2) is 77.3 Å². The summed E-state index contributed by atoms with van der Waals surface area (Å²) in [4.78, 5) is 28.4. The third-order valence-electron chi connectivity index (χ3n) is 5.40. The molecule has 35 heavy (non-hydrogen) atoms. The first-order valence-electron chi connectivity index (χ1n) is 11.2. The average molecular weight is 594 g/mol. The lowest BCUT2D eigenvalue weighted by molar-refractivity contribution is -0.139. The second kappa shape index (κ2) is 13.9. The Morgan fingerprint density at radius 3 is 2.29 bits per heavy atom. The van der Waals surface area contributed by atoms with Gasteiger partial charge in [-0.3, -0.25) is 9.59 Å². The molecule has 0 aromatic heterocycles. The Labute approximate surface area is 229 Å². The number of rotatable bonds is 11. The summed E-state index contributed by atoms with van der Waals surface area (Å²) in [6, 6.07) is 22.3. The van der Waals surface area contributed by atoms with Gasteiger partial charge in [0.2, 0.25) is 11.8 Å². The van der Waals surface area contributed by atoms with Gasteiger partial charge < -0.3 is 10.2 Å². The molecule has 3 aromatic rings. The summed E-state index contributed by atoms with van der Waals surface area (Å²) in [5.41, 5.74) is 2.73. The molecular formula is C27H27BrCl2N2O2S. The number of nitrogens with zero attached hydrogens (tertiary/aromatic N) is 1. The Kier molecular flexibility index (Phi) is 11.0. The summed E-state index contributed by atoms with van der Waals surface area (Å²) < 4.78 is 0.919. The van der Waals surface area contributed by atoms with E-state index in [-0.39, 0.29) is 17.6 Å². The first-order valence-corrected chi connectivity index (χ1v) is 14.0. The van der Waals surface area contributed by atoms with Crippen LogP contribution < -0.4 is 5.32 Å². The van der Waals surface area contributed by atoms with E-state index in [2.05, 4.69) is 21.2 Å². The molecular weight excluding hydrogens is 567 g/mol. The van der Waals surface area contributed by atoms with Crippen molar-refractivity contribution >= 4 is 62.7 Å². The number of carbonyl (C=O) groups is 2. The van der Waals surface area contributed by atoms with Gasteiger partial charge in [-0.05, 0) is 47.9 Å². The summed E-state index contributed by atoms with van der Waals surface area (Å²) in [5.74, 6) is 0.406. The minimum Gasteiger partial charge on any atom is -0.355 e. The largest absolute Gasteiger partial charge is 0.355 e. The van der Waals surface area contributed by atoms with E-state index in [1.807, 2.05) is 61.5 Å². The van der Waals surface area contributed by atoms with Crippen molar-refractivity contribution in [3.63, 3.8) is 0 Å². The second-order valence-electron chi connectivity index (χ2n) is 7.94. The predicted molar refractivity (Wildman–Crippen MR) is 150 cm³/mol. The van der Waals surface area contributed by atoms with Crippen molar-refractivity contribution in [2.45, 2.75) is 31.7 Å². The maximum Gasteiger partial charge on any atom is 0.243 e. The fourth-order valence-electron chi connectivity index (χ4n) is 3.67. The molecule has 0 aliphatic heterocycles. The molecule has 0 radical (unpaired) electrons. The molecule has 0 saturated heterocycles. The van der Waals surface area contributed by atoms with E-state index in [1.165, 1.54) is 11.8 Å². The topological polar surface area (TPSA) is 49.4 Å². The highest BCUT2D eigenvalue weighted by Gasteiger charge is 2.30. The Balaban J connectivity index is 1.85. The van der Waals surface area contributed by atoms with Crippen molar-refractivity contribution < 1.29 is 9.59 Å². The first-order chi connectivity index (χ1) is 16.9. The summed E-state index contributed by atoms with van der Waals surface area (Å²) in [6.07, 6.45) is 0.424. The maximum absolute atomic E-state index is 13.6. The maximum atomic E-state index is 13.6. The zero-order chi connectivity index (χ0) is 25.2. The van der Waals surface area contributed by atoms with Gasteiger partial charge >= 0.3 is 0 Å². The van der Waals surface area contributed by atoms with E-state index in [4.69, 9.17) is 23.2 Å². The zero-order valence-electron chi connectivity index (χ0n) is 19.3. The van der Waals surface area contributed by atoms with Gasteiger partial charge in [0.05, 0.1) is 5.75 Å². The van der Waals surface area contributed by atoms with Gasteiger partial charge in [0.15, 0.2) is 0 Å². The first kappa shape index (κ1) is 27.6. The van der Waals surface area contributed by atoms with E-state index in [9.17, 15) is 9.59 Å². The third-order valence-corrected chi connectivity index (χ3v) is 7.54. The van der Waals surface area contributed by atoms with E-state index >= 15 is 0 Å². The van der Waals surface area contributed by atoms with Crippen molar-refractivity contribution in [3.05, 3.63) is 104 Å². The van der Waals surface area contributed by atoms with E-state index in [1.54, 1.807) is 23.1 Å². The van der Waals surface area contributed by atoms with Crippen LogP contribution in [-0.2, 0) is 28.3 Å². The SMILES string of the molecule is CCNC(=O)C(Cc1ccccc1)N(Cc1cccc(Br)c1)C(=O)CSCc1c(Cl)cccc1Cl. The molecule has 0 aliphatic carbocycles. The van der Waals surface area contributed by atoms with Crippen molar-refractivity contribution in [1.29, 1.82) is 0 Å². The van der Waals surface area contributed by atoms with Crippen LogP contribution in [0, 0.1) is 0 Å². The highest BCUT2D eigenvalue weighted by molar-refractivity contribution is 9.10. The molecule has 4 nitrogen and oxygen atoms in total. The average Bonchev–Trinajstić information content (AvgIpc) is 2.84. The van der Waals surface area contributed by atoms with E-state index in [0.717, 1.165) is 21.2 Å². The molecule has 0 bridgehead atoms. The van der Waals surface area contributed by atoms with E-state index in [0.29, 0.717) is 35.3 Å². The molecule has 3 rings (SSSR count). The van der Waals surface area contributed by atoms with Gasteiger partial charge in [0.25, 0.3) is 0 Å². The normalized spacial score (nSPS) is 11.7. The molecule has 0 spiro atoms. The number of hydrogen-bond acceptors (Lipinski definition) is 3. The van der Waals surface area contributed by atoms with Gasteiger partial charge in [0.1, 0.15) is 6.04 Å². The molecule has 1 atom stereocenters. The molecule has 0 aliphatic rings. The van der Waals surface area contributed by atoms with Crippen molar-refractivity contribution in [3.8, 4) is 0 Å². The lowest BCUT2D eigenvalue weighted by Gasteiger charge is -2.31. The summed E-state index contributed by atoms with van der Waals surface area (Å²) in [5, 5.41) is 4.06. The number of amides is 2. The van der Waals surface area contributed by atoms with Crippen LogP contribution >= 0.6 is 50.9 Å². The molecule has 0 heterocycles. The highest BCUT2D eigenvalue weighted by Crippen LogP contribution is 2.28. The number of carbonyl (C=O) groups excluding carboxylic acids is 2. The van der Waals surface area contributed by atoms with Crippen molar-refractivity contribution in [2.24, 2.45) is 0 Å². The molecule has 1 N–H and O–H groups in total. The Morgan fingerprint density at radius 1 is 0.971 bits per heavy atom. The lowest BCUT2D eigenvalue weighted by atomic mass is 10.0. The lowest BCUT2D eigenvalue weighted by Crippen LogP contribution is -2.51. The van der Waals surface area contributed by atoms with Gasteiger partial charge in [-0.2, -0.15) is 0 Å². The fraction of sp³-hybridized carbons (Fsp3) is 0.259. The van der Waals surface area contributed by atoms with Gasteiger partial charge in [0, 0.05) is 39.8 Å². The van der Waals surface area contributed by atoms with Crippen molar-refractivity contribution in [2.75, 3.05) is 12.3 Å². The molecule has 0 saturated carbocycles. The summed E-state index contributed by atoms with van der Waals surface area (Å²) in [6.45, 7) is 2.68. The highest BCUT2D eigenvalue weighted by atomic mass is 79.9. The summed E-state index contributed by atoms with van der Waals surface area (Å²) in [7, 11) is 0. The molecule has 1 unspecified atom stereocenters. The number of benzene rings is 3. The number of nitrogens with one attached hydrogen (secondary N) is 1. The minimum atomic E-state index is -0.645. The molecule has 0 fully saturated rings. The predicted octanol–water partition coefficient (Wildman–Crippen LogP) is 6.77. The van der Waals surface area contributed by atoms with E-state index < -0.39 is 6.04 Å². The standard InChI is InChI=1S/C27H27BrCl2N2O2S/c1-2-31-27(34)25(15-19-8-4-3-5-9-19)32(16-20-10-6-11-21(28)14-20)26(33)18-35-17-22-23(29)12-7-13-24(22)30/h3-14,25H,2,15-18H2,1H3,(H,31,34). The Hall–Kier alpha value is -1.99. The van der Waals surface area contributed by atoms with Gasteiger partial charge in [-0.1, -0.05) is 87.7 Å². The van der Waals surface area contributed by atoms with Crippen LogP contribution in [0.4, 0.5) is 0 Å². The van der Waals surface area contributed by atoms with Crippen LogP contribution in [0.1, 0.15) is 23.6 Å². The van der Waals surface area contributed by atoms with Gasteiger partial charge in [-0.25, -0.2) is 0 Å². The van der Waals surface area contributed by atoms with Crippen LogP contribution in [0.3, 0.4) is 0 Å². The molecule has 8 heteroatoms. The minimum absolute atomic E-state index is 0.120. The Bertz CT molecular complexity index is 1130. The fourth-order valence-corrected chi connectivity index (χ4v) is 5.77. The zero-order valence-corrected chi connectivity index (χ0v) is 23.3. The molecule has 3 aromatic carbocycles. The number of thioether (sulfide) groups is 1. The number of halogens is 3. The monoisotopic (exact) mass is 592 g/mol. The van der Waals surface area contributed by atoms with Gasteiger partial charge in [-0.15, -0.1) is 11.8 Å².